The molecule has 0 heterocycles. The highest BCUT2D eigenvalue weighted by molar-refractivity contribution is 6.02. The van der Waals surface area contributed by atoms with Crippen molar-refractivity contribution >= 4 is 18.1 Å². The molecule has 2 rings (SSSR count). The molecule has 0 spiro atoms. The Bertz CT molecular complexity index is 829. The number of aromatic carboxylic acids is 1. The number of carboxylic acids is 1. The summed E-state index contributed by atoms with van der Waals surface area (Å²) in [6, 6.07) is 10.3. The topological polar surface area (TPSA) is 97.2 Å². The van der Waals surface area contributed by atoms with Crippen LogP contribution in [0.4, 0.5) is 0 Å². The van der Waals surface area contributed by atoms with E-state index in [1.807, 2.05) is 19.1 Å². The van der Waals surface area contributed by atoms with Gasteiger partial charge in [-0.2, -0.15) is 5.10 Å². The van der Waals surface area contributed by atoms with Gasteiger partial charge in [0.05, 0.1) is 20.4 Å². The van der Waals surface area contributed by atoms with Gasteiger partial charge in [0.2, 0.25) is 0 Å². The number of methoxy groups -OCH3 is 2. The molecule has 0 aromatic heterocycles. The van der Waals surface area contributed by atoms with Gasteiger partial charge in [0.1, 0.15) is 5.56 Å². The first-order valence-electron chi connectivity index (χ1n) is 7.92. The molecule has 1 amide bonds. The minimum atomic E-state index is -1.19. The first kappa shape index (κ1) is 19.0. The smallest absolute Gasteiger partial charge is 0.340 e. The number of rotatable bonds is 7. The monoisotopic (exact) mass is 356 g/mol. The number of nitrogens with zero attached hydrogens (tertiary/aromatic N) is 1. The summed E-state index contributed by atoms with van der Waals surface area (Å²) in [5.74, 6) is -1.20. The average Bonchev–Trinajstić information content (AvgIpc) is 2.67. The van der Waals surface area contributed by atoms with Gasteiger partial charge in [-0.3, -0.25) is 4.79 Å². The molecule has 7 heteroatoms. The SMILES string of the molecule is CCc1ccc(C(=O)N/N=C\c2ccc(OC)c(OC)c2C(=O)O)cc1. The lowest BCUT2D eigenvalue weighted by Crippen LogP contribution is -2.18. The zero-order chi connectivity index (χ0) is 19.1. The maximum Gasteiger partial charge on any atom is 0.340 e. The van der Waals surface area contributed by atoms with E-state index in [1.54, 1.807) is 18.2 Å². The molecule has 0 unspecified atom stereocenters. The van der Waals surface area contributed by atoms with E-state index in [0.717, 1.165) is 12.0 Å². The molecule has 0 aliphatic carbocycles. The van der Waals surface area contributed by atoms with Crippen LogP contribution in [-0.2, 0) is 6.42 Å². The molecule has 0 bridgehead atoms. The van der Waals surface area contributed by atoms with Gasteiger partial charge in [0, 0.05) is 11.1 Å². The Labute approximate surface area is 151 Å². The lowest BCUT2D eigenvalue weighted by molar-refractivity contribution is 0.0692. The number of ether oxygens (including phenoxy) is 2. The Kier molecular flexibility index (Phi) is 6.32. The number of hydrogen-bond acceptors (Lipinski definition) is 5. The summed E-state index contributed by atoms with van der Waals surface area (Å²) in [5.41, 5.74) is 4.15. The van der Waals surface area contributed by atoms with Crippen LogP contribution in [0.3, 0.4) is 0 Å². The van der Waals surface area contributed by atoms with Gasteiger partial charge in [0.15, 0.2) is 11.5 Å². The Morgan fingerprint density at radius 2 is 1.81 bits per heavy atom. The molecule has 7 nitrogen and oxygen atoms in total. The molecular weight excluding hydrogens is 336 g/mol. The van der Waals surface area contributed by atoms with E-state index in [1.165, 1.54) is 26.5 Å². The first-order chi connectivity index (χ1) is 12.5. The van der Waals surface area contributed by atoms with E-state index in [2.05, 4.69) is 10.5 Å². The number of carboxylic acid groups (broad SMARTS) is 1. The maximum absolute atomic E-state index is 12.1. The van der Waals surface area contributed by atoms with Crippen molar-refractivity contribution in [3.63, 3.8) is 0 Å². The number of aryl methyl sites for hydroxylation is 1. The van der Waals surface area contributed by atoms with Gasteiger partial charge in [-0.15, -0.1) is 0 Å². The van der Waals surface area contributed by atoms with Crippen LogP contribution in [0.15, 0.2) is 41.5 Å². The number of hydrogen-bond donors (Lipinski definition) is 2. The summed E-state index contributed by atoms with van der Waals surface area (Å²) < 4.78 is 10.2. The predicted molar refractivity (Wildman–Crippen MR) is 97.4 cm³/mol. The first-order valence-corrected chi connectivity index (χ1v) is 7.92. The molecule has 2 aromatic carbocycles. The quantitative estimate of drug-likeness (QED) is 0.587. The second kappa shape index (κ2) is 8.66. The zero-order valence-electron chi connectivity index (χ0n) is 14.8. The van der Waals surface area contributed by atoms with Crippen molar-refractivity contribution < 1.29 is 24.2 Å². The van der Waals surface area contributed by atoms with Gasteiger partial charge in [-0.05, 0) is 36.2 Å². The van der Waals surface area contributed by atoms with Crippen molar-refractivity contribution in [1.82, 2.24) is 5.43 Å². The number of amides is 1. The fourth-order valence-electron chi connectivity index (χ4n) is 2.39. The average molecular weight is 356 g/mol. The molecule has 0 aliphatic rings. The molecule has 2 N–H and O–H groups in total. The van der Waals surface area contributed by atoms with E-state index >= 15 is 0 Å². The van der Waals surface area contributed by atoms with Crippen LogP contribution < -0.4 is 14.9 Å². The molecule has 2 aromatic rings. The second-order valence-corrected chi connectivity index (χ2v) is 5.32. The molecule has 136 valence electrons. The minimum Gasteiger partial charge on any atom is -0.493 e. The van der Waals surface area contributed by atoms with Crippen molar-refractivity contribution in [1.29, 1.82) is 0 Å². The maximum atomic E-state index is 12.1. The van der Waals surface area contributed by atoms with Gasteiger partial charge in [0.25, 0.3) is 5.91 Å². The zero-order valence-corrected chi connectivity index (χ0v) is 14.8. The summed E-state index contributed by atoms with van der Waals surface area (Å²) in [6.45, 7) is 2.03. The molecule has 0 saturated heterocycles. The third-order valence-corrected chi connectivity index (χ3v) is 3.79. The Balaban J connectivity index is 2.21. The highest BCUT2D eigenvalue weighted by Gasteiger charge is 2.20. The largest absolute Gasteiger partial charge is 0.493 e. The molecule has 0 fully saturated rings. The van der Waals surface area contributed by atoms with Gasteiger partial charge >= 0.3 is 5.97 Å². The van der Waals surface area contributed by atoms with E-state index in [0.29, 0.717) is 11.3 Å². The Morgan fingerprint density at radius 3 is 2.35 bits per heavy atom. The molecule has 0 atom stereocenters. The number of benzene rings is 2. The number of carbonyl (C=O) groups excluding carboxylic acids is 1. The van der Waals surface area contributed by atoms with Crippen LogP contribution >= 0.6 is 0 Å². The van der Waals surface area contributed by atoms with Crippen molar-refractivity contribution in [3.05, 3.63) is 58.7 Å². The lowest BCUT2D eigenvalue weighted by atomic mass is 10.1. The normalized spacial score (nSPS) is 10.6. The number of nitrogens with one attached hydrogen (secondary N) is 1. The highest BCUT2D eigenvalue weighted by atomic mass is 16.5. The summed E-state index contributed by atoms with van der Waals surface area (Å²) >= 11 is 0. The molecule has 0 saturated carbocycles. The summed E-state index contributed by atoms with van der Waals surface area (Å²) in [4.78, 5) is 23.7. The minimum absolute atomic E-state index is 0.0884. The van der Waals surface area contributed by atoms with Crippen molar-refractivity contribution in [3.8, 4) is 11.5 Å². The van der Waals surface area contributed by atoms with Crippen LogP contribution in [-0.4, -0.2) is 37.4 Å². The van der Waals surface area contributed by atoms with Crippen LogP contribution in [0.1, 0.15) is 38.8 Å². The number of carbonyl (C=O) groups is 2. The fraction of sp³-hybridized carbons (Fsp3) is 0.211. The van der Waals surface area contributed by atoms with Crippen molar-refractivity contribution in [2.45, 2.75) is 13.3 Å². The molecular formula is C19H20N2O5. The highest BCUT2D eigenvalue weighted by Crippen LogP contribution is 2.32. The van der Waals surface area contributed by atoms with Crippen LogP contribution in [0.5, 0.6) is 11.5 Å². The second-order valence-electron chi connectivity index (χ2n) is 5.32. The van der Waals surface area contributed by atoms with Crippen LogP contribution in [0.2, 0.25) is 0 Å². The molecule has 0 aliphatic heterocycles. The predicted octanol–water partition coefficient (Wildman–Crippen LogP) is 2.73. The van der Waals surface area contributed by atoms with Crippen molar-refractivity contribution in [2.75, 3.05) is 14.2 Å². The molecule has 0 radical (unpaired) electrons. The van der Waals surface area contributed by atoms with Gasteiger partial charge < -0.3 is 14.6 Å². The summed E-state index contributed by atoms with van der Waals surface area (Å²) in [6.07, 6.45) is 2.14. The van der Waals surface area contributed by atoms with Crippen LogP contribution in [0.25, 0.3) is 0 Å². The third-order valence-electron chi connectivity index (χ3n) is 3.79. The van der Waals surface area contributed by atoms with Gasteiger partial charge in [-0.1, -0.05) is 19.1 Å². The van der Waals surface area contributed by atoms with E-state index in [4.69, 9.17) is 9.47 Å². The summed E-state index contributed by atoms with van der Waals surface area (Å²) in [5, 5.41) is 13.3. The third kappa shape index (κ3) is 4.18. The van der Waals surface area contributed by atoms with E-state index < -0.39 is 5.97 Å². The summed E-state index contributed by atoms with van der Waals surface area (Å²) in [7, 11) is 2.77. The Hall–Kier alpha value is -3.35. The van der Waals surface area contributed by atoms with E-state index in [-0.39, 0.29) is 22.8 Å². The van der Waals surface area contributed by atoms with Gasteiger partial charge in [-0.25, -0.2) is 10.2 Å². The number of hydrazone groups is 1. The van der Waals surface area contributed by atoms with Crippen molar-refractivity contribution in [2.24, 2.45) is 5.10 Å². The Morgan fingerprint density at radius 1 is 1.12 bits per heavy atom. The lowest BCUT2D eigenvalue weighted by Gasteiger charge is -2.12. The standard InChI is InChI=1S/C19H20N2O5/c1-4-12-5-7-13(8-6-12)18(22)21-20-11-14-9-10-15(25-2)17(26-3)16(14)19(23)24/h5-11H,4H2,1-3H3,(H,21,22)(H,23,24)/b20-11-. The molecule has 26 heavy (non-hydrogen) atoms. The van der Waals surface area contributed by atoms with E-state index in [9.17, 15) is 14.7 Å². The fourth-order valence-corrected chi connectivity index (χ4v) is 2.39. The van der Waals surface area contributed by atoms with Crippen LogP contribution in [0, 0.1) is 0 Å².